The lowest BCUT2D eigenvalue weighted by atomic mass is 9.95. The molecule has 2 fully saturated rings. The quantitative estimate of drug-likeness (QED) is 0.863. The van der Waals surface area contributed by atoms with Crippen LogP contribution in [0.15, 0.2) is 36.5 Å². The number of piperidine rings is 1. The van der Waals surface area contributed by atoms with Crippen molar-refractivity contribution in [2.45, 2.75) is 11.8 Å². The summed E-state index contributed by atoms with van der Waals surface area (Å²) in [5.41, 5.74) is 2.24. The van der Waals surface area contributed by atoms with E-state index in [1.54, 1.807) is 7.11 Å². The van der Waals surface area contributed by atoms with Gasteiger partial charge in [0.05, 0.1) is 19.0 Å². The minimum Gasteiger partial charge on any atom is -0.481 e. The van der Waals surface area contributed by atoms with E-state index in [1.807, 2.05) is 24.4 Å². The average Bonchev–Trinajstić information content (AvgIpc) is 3.08. The van der Waals surface area contributed by atoms with E-state index < -0.39 is 0 Å². The summed E-state index contributed by atoms with van der Waals surface area (Å²) in [4.78, 5) is 6.59. The number of benzene rings is 1. The SMILES string of the molecule is COc1ccc(N2CC3CC3(c3ccc(F)cc3Cl)C2)cn1. The third-order valence-electron chi connectivity index (χ3n) is 4.91. The van der Waals surface area contributed by atoms with E-state index in [2.05, 4.69) is 9.88 Å². The van der Waals surface area contributed by atoms with Crippen LogP contribution in [0.5, 0.6) is 5.88 Å². The van der Waals surface area contributed by atoms with Gasteiger partial charge in [0.2, 0.25) is 5.88 Å². The van der Waals surface area contributed by atoms with Crippen LogP contribution in [0.4, 0.5) is 10.1 Å². The molecule has 0 radical (unpaired) electrons. The van der Waals surface area contributed by atoms with Crippen LogP contribution in [0.3, 0.4) is 0 Å². The van der Waals surface area contributed by atoms with Gasteiger partial charge in [-0.3, -0.25) is 0 Å². The molecule has 2 unspecified atom stereocenters. The molecule has 4 rings (SSSR count). The predicted molar refractivity (Wildman–Crippen MR) is 84.2 cm³/mol. The Kier molecular flexibility index (Phi) is 3.05. The normalized spacial score (nSPS) is 26.0. The van der Waals surface area contributed by atoms with Gasteiger partial charge in [0, 0.05) is 29.6 Å². The second-order valence-corrected chi connectivity index (χ2v) is 6.53. The summed E-state index contributed by atoms with van der Waals surface area (Å²) >= 11 is 6.27. The molecule has 0 bridgehead atoms. The zero-order valence-corrected chi connectivity index (χ0v) is 13.0. The van der Waals surface area contributed by atoms with E-state index in [9.17, 15) is 4.39 Å². The maximum Gasteiger partial charge on any atom is 0.213 e. The molecular formula is C17H16ClFN2O. The molecule has 5 heteroatoms. The van der Waals surface area contributed by atoms with E-state index in [0.29, 0.717) is 16.8 Å². The van der Waals surface area contributed by atoms with Gasteiger partial charge in [0.25, 0.3) is 0 Å². The van der Waals surface area contributed by atoms with Crippen molar-refractivity contribution in [3.05, 3.63) is 52.9 Å². The number of ether oxygens (including phenoxy) is 1. The van der Waals surface area contributed by atoms with E-state index in [-0.39, 0.29) is 11.2 Å². The molecule has 1 saturated carbocycles. The average molecular weight is 319 g/mol. The van der Waals surface area contributed by atoms with Crippen LogP contribution in [0, 0.1) is 11.7 Å². The summed E-state index contributed by atoms with van der Waals surface area (Å²) in [6.45, 7) is 1.89. The largest absolute Gasteiger partial charge is 0.481 e. The molecule has 0 amide bonds. The minimum atomic E-state index is -0.281. The molecule has 2 heterocycles. The zero-order valence-electron chi connectivity index (χ0n) is 12.2. The van der Waals surface area contributed by atoms with Crippen molar-refractivity contribution >= 4 is 17.3 Å². The summed E-state index contributed by atoms with van der Waals surface area (Å²) in [6, 6.07) is 8.66. The molecule has 22 heavy (non-hydrogen) atoms. The first-order chi connectivity index (χ1) is 10.6. The molecule has 3 nitrogen and oxygen atoms in total. The summed E-state index contributed by atoms with van der Waals surface area (Å²) in [6.07, 6.45) is 2.96. The third kappa shape index (κ3) is 2.05. The zero-order chi connectivity index (χ0) is 15.3. The Balaban J connectivity index is 1.59. The van der Waals surface area contributed by atoms with Crippen LogP contribution in [-0.2, 0) is 5.41 Å². The second kappa shape index (κ2) is 4.85. The van der Waals surface area contributed by atoms with E-state index in [4.69, 9.17) is 16.3 Å². The Morgan fingerprint density at radius 1 is 1.36 bits per heavy atom. The Morgan fingerprint density at radius 3 is 2.91 bits per heavy atom. The lowest BCUT2D eigenvalue weighted by Crippen LogP contribution is -2.26. The number of anilines is 1. The molecule has 2 aliphatic rings. The second-order valence-electron chi connectivity index (χ2n) is 6.12. The Bertz CT molecular complexity index is 721. The minimum absolute atomic E-state index is 0.0741. The Morgan fingerprint density at radius 2 is 2.23 bits per heavy atom. The lowest BCUT2D eigenvalue weighted by Gasteiger charge is -2.23. The number of halogens is 2. The highest BCUT2D eigenvalue weighted by atomic mass is 35.5. The predicted octanol–water partition coefficient (Wildman–Crippen LogP) is 3.66. The van der Waals surface area contributed by atoms with Crippen molar-refractivity contribution in [1.29, 1.82) is 0 Å². The molecule has 2 aromatic rings. The van der Waals surface area contributed by atoms with Gasteiger partial charge >= 0.3 is 0 Å². The maximum atomic E-state index is 13.3. The molecule has 1 aliphatic carbocycles. The first-order valence-corrected chi connectivity index (χ1v) is 7.71. The van der Waals surface area contributed by atoms with Gasteiger partial charge in [0.1, 0.15) is 5.82 Å². The fourth-order valence-corrected chi connectivity index (χ4v) is 4.03. The molecule has 114 valence electrons. The third-order valence-corrected chi connectivity index (χ3v) is 5.22. The van der Waals surface area contributed by atoms with Crippen LogP contribution in [0.1, 0.15) is 12.0 Å². The molecule has 0 N–H and O–H groups in total. The van der Waals surface area contributed by atoms with Crippen molar-refractivity contribution < 1.29 is 9.13 Å². The van der Waals surface area contributed by atoms with Gasteiger partial charge in [-0.1, -0.05) is 17.7 Å². The summed E-state index contributed by atoms with van der Waals surface area (Å²) < 4.78 is 18.4. The number of fused-ring (bicyclic) bond motifs is 1. The number of hydrogen-bond donors (Lipinski definition) is 0. The van der Waals surface area contributed by atoms with Crippen molar-refractivity contribution in [2.75, 3.05) is 25.1 Å². The maximum absolute atomic E-state index is 13.3. The highest BCUT2D eigenvalue weighted by Crippen LogP contribution is 2.60. The first kappa shape index (κ1) is 13.8. The lowest BCUT2D eigenvalue weighted by molar-refractivity contribution is 0.398. The monoisotopic (exact) mass is 318 g/mol. The number of rotatable bonds is 3. The number of nitrogens with zero attached hydrogens (tertiary/aromatic N) is 2. The number of aromatic nitrogens is 1. The van der Waals surface area contributed by atoms with Crippen LogP contribution in [0.25, 0.3) is 0 Å². The van der Waals surface area contributed by atoms with Crippen LogP contribution >= 0.6 is 11.6 Å². The van der Waals surface area contributed by atoms with Gasteiger partial charge in [-0.2, -0.15) is 0 Å². The first-order valence-electron chi connectivity index (χ1n) is 7.33. The fourth-order valence-electron chi connectivity index (χ4n) is 3.67. The van der Waals surface area contributed by atoms with E-state index in [1.165, 1.54) is 12.1 Å². The van der Waals surface area contributed by atoms with Crippen molar-refractivity contribution in [1.82, 2.24) is 4.98 Å². The summed E-state index contributed by atoms with van der Waals surface area (Å²) in [7, 11) is 1.61. The van der Waals surface area contributed by atoms with Crippen LogP contribution in [0.2, 0.25) is 5.02 Å². The summed E-state index contributed by atoms with van der Waals surface area (Å²) in [5.74, 6) is 0.915. The van der Waals surface area contributed by atoms with Crippen molar-refractivity contribution in [3.8, 4) is 5.88 Å². The van der Waals surface area contributed by atoms with E-state index in [0.717, 1.165) is 30.8 Å². The molecular weight excluding hydrogens is 303 g/mol. The Labute approximate surface area is 133 Å². The van der Waals surface area contributed by atoms with Crippen LogP contribution in [-0.4, -0.2) is 25.2 Å². The van der Waals surface area contributed by atoms with Crippen LogP contribution < -0.4 is 9.64 Å². The molecule has 2 atom stereocenters. The number of hydrogen-bond acceptors (Lipinski definition) is 3. The number of methoxy groups -OCH3 is 1. The highest BCUT2D eigenvalue weighted by molar-refractivity contribution is 6.31. The fraction of sp³-hybridized carbons (Fsp3) is 0.353. The standard InChI is InChI=1S/C17H16ClFN2O/c1-22-16-5-3-13(8-20-16)21-9-11-7-17(11,10-21)14-4-2-12(19)6-15(14)18/h2-6,8,11H,7,9-10H2,1H3. The van der Waals surface area contributed by atoms with Gasteiger partial charge in [0.15, 0.2) is 0 Å². The number of pyridine rings is 1. The molecule has 1 aromatic carbocycles. The molecule has 1 aliphatic heterocycles. The van der Waals surface area contributed by atoms with Gasteiger partial charge in [-0.15, -0.1) is 0 Å². The van der Waals surface area contributed by atoms with Gasteiger partial charge < -0.3 is 9.64 Å². The van der Waals surface area contributed by atoms with Crippen molar-refractivity contribution in [2.24, 2.45) is 5.92 Å². The van der Waals surface area contributed by atoms with E-state index >= 15 is 0 Å². The highest BCUT2D eigenvalue weighted by Gasteiger charge is 2.61. The molecule has 0 spiro atoms. The van der Waals surface area contributed by atoms with Gasteiger partial charge in [-0.25, -0.2) is 9.37 Å². The topological polar surface area (TPSA) is 25.4 Å². The summed E-state index contributed by atoms with van der Waals surface area (Å²) in [5, 5.41) is 0.539. The smallest absolute Gasteiger partial charge is 0.213 e. The Hall–Kier alpha value is -1.81. The molecule has 1 aromatic heterocycles. The van der Waals surface area contributed by atoms with Gasteiger partial charge in [-0.05, 0) is 36.1 Å². The van der Waals surface area contributed by atoms with Crippen molar-refractivity contribution in [3.63, 3.8) is 0 Å². The molecule has 1 saturated heterocycles.